The van der Waals surface area contributed by atoms with E-state index >= 15 is 0 Å². The largest absolute Gasteiger partial charge is 0.465 e. The van der Waals surface area contributed by atoms with Crippen LogP contribution < -0.4 is 15.3 Å². The summed E-state index contributed by atoms with van der Waals surface area (Å²) in [7, 11) is -3.29. The summed E-state index contributed by atoms with van der Waals surface area (Å²) in [5.41, 5.74) is 4.04. The molecule has 0 aliphatic heterocycles. The van der Waals surface area contributed by atoms with Crippen molar-refractivity contribution in [2.75, 3.05) is 26.1 Å². The average Bonchev–Trinajstić information content (AvgIpc) is 3.39. The van der Waals surface area contributed by atoms with Crippen LogP contribution >= 0.6 is 7.75 Å². The van der Waals surface area contributed by atoms with E-state index in [2.05, 4.69) is 15.2 Å². The first-order chi connectivity index (χ1) is 19.1. The number of methoxy groups -OCH3 is 1. The number of anilines is 1. The van der Waals surface area contributed by atoms with E-state index in [1.54, 1.807) is 24.3 Å². The molecule has 1 unspecified atom stereocenters. The highest BCUT2D eigenvalue weighted by Gasteiger charge is 2.47. The van der Waals surface area contributed by atoms with Crippen LogP contribution in [0.15, 0.2) is 48.8 Å². The number of nitrogens with zero attached hydrogens (tertiary/aromatic N) is 4. The van der Waals surface area contributed by atoms with E-state index in [9.17, 15) is 24.8 Å². The normalized spacial score (nSPS) is 16.7. The number of aliphatic hydroxyl groups is 2. The molecule has 14 nitrogen and oxygen atoms in total. The Hall–Kier alpha value is -3.57. The van der Waals surface area contributed by atoms with Crippen molar-refractivity contribution < 1.29 is 38.1 Å². The molecule has 5 atom stereocenters. The second-order valence-corrected chi connectivity index (χ2v) is 10.5. The van der Waals surface area contributed by atoms with Crippen molar-refractivity contribution in [3.63, 3.8) is 0 Å². The summed E-state index contributed by atoms with van der Waals surface area (Å²) in [4.78, 5) is 16.3. The first kappa shape index (κ1) is 31.0. The molecule has 3 aromatic rings. The van der Waals surface area contributed by atoms with E-state index in [1.165, 1.54) is 42.0 Å². The quantitative estimate of drug-likeness (QED) is 0.116. The molecule has 40 heavy (non-hydrogen) atoms. The topological polar surface area (TPSA) is 204 Å². The minimum atomic E-state index is -4.41. The van der Waals surface area contributed by atoms with Crippen LogP contribution in [0.5, 0.6) is 5.75 Å². The van der Waals surface area contributed by atoms with Gasteiger partial charge in [-0.05, 0) is 37.6 Å². The maximum atomic E-state index is 13.8. The Kier molecular flexibility index (Phi) is 10.6. The number of benzene rings is 1. The van der Waals surface area contributed by atoms with E-state index < -0.39 is 44.2 Å². The number of esters is 1. The number of nitrogen functional groups attached to an aromatic ring is 1. The number of carbonyl (C=O) groups is 1. The molecular weight excluding hydrogens is 543 g/mol. The third kappa shape index (κ3) is 7.14. The summed E-state index contributed by atoms with van der Waals surface area (Å²) in [6.07, 6.45) is -1.02. The predicted molar refractivity (Wildman–Crippen MR) is 143 cm³/mol. The molecule has 1 aromatic carbocycles. The van der Waals surface area contributed by atoms with Crippen LogP contribution in [-0.2, 0) is 23.4 Å². The van der Waals surface area contributed by atoms with Crippen molar-refractivity contribution in [1.29, 1.82) is 5.26 Å². The van der Waals surface area contributed by atoms with E-state index in [1.807, 2.05) is 6.92 Å². The number of nitrogens with one attached hydrogen (secondary N) is 1. The Morgan fingerprint density at radius 1 is 1.27 bits per heavy atom. The maximum Gasteiger partial charge on any atom is 0.459 e. The van der Waals surface area contributed by atoms with Crippen LogP contribution in [-0.4, -0.2) is 68.9 Å². The molecule has 0 radical (unpaired) electrons. The summed E-state index contributed by atoms with van der Waals surface area (Å²) >= 11 is 0. The molecule has 2 aromatic heterocycles. The van der Waals surface area contributed by atoms with Crippen molar-refractivity contribution in [3.8, 4) is 11.8 Å². The molecular formula is C25H33N6O8P. The lowest BCUT2D eigenvalue weighted by atomic mass is 9.93. The monoisotopic (exact) mass is 576 g/mol. The van der Waals surface area contributed by atoms with Crippen molar-refractivity contribution in [1.82, 2.24) is 19.7 Å². The Morgan fingerprint density at radius 3 is 2.65 bits per heavy atom. The molecule has 0 fully saturated rings. The molecule has 5 N–H and O–H groups in total. The Morgan fingerprint density at radius 2 is 2.00 bits per heavy atom. The van der Waals surface area contributed by atoms with Gasteiger partial charge < -0.3 is 29.9 Å². The minimum absolute atomic E-state index is 0.0820. The maximum absolute atomic E-state index is 13.8. The highest BCUT2D eigenvalue weighted by atomic mass is 31.2. The van der Waals surface area contributed by atoms with Gasteiger partial charge in [0.05, 0.1) is 12.3 Å². The highest BCUT2D eigenvalue weighted by molar-refractivity contribution is 7.52. The number of aromatic nitrogens is 3. The molecule has 0 amide bonds. The van der Waals surface area contributed by atoms with E-state index in [0.29, 0.717) is 11.9 Å². The molecule has 216 valence electrons. The Labute approximate surface area is 231 Å². The van der Waals surface area contributed by atoms with Gasteiger partial charge in [0.2, 0.25) is 5.60 Å². The molecule has 2 heterocycles. The van der Waals surface area contributed by atoms with Gasteiger partial charge in [-0.25, -0.2) is 14.1 Å². The minimum Gasteiger partial charge on any atom is -0.465 e. The third-order valence-corrected chi connectivity index (χ3v) is 7.63. The van der Waals surface area contributed by atoms with Gasteiger partial charge in [-0.15, -0.1) is 0 Å². The van der Waals surface area contributed by atoms with Gasteiger partial charge in [-0.1, -0.05) is 31.5 Å². The van der Waals surface area contributed by atoms with Crippen LogP contribution in [0.25, 0.3) is 5.52 Å². The van der Waals surface area contributed by atoms with Crippen LogP contribution in [0.2, 0.25) is 0 Å². The van der Waals surface area contributed by atoms with E-state index in [0.717, 1.165) is 13.5 Å². The number of carbonyl (C=O) groups excluding carboxylic acids is 1. The fraction of sp³-hybridized carbons (Fsp3) is 0.440. The van der Waals surface area contributed by atoms with Crippen molar-refractivity contribution in [2.24, 2.45) is 0 Å². The zero-order valence-electron chi connectivity index (χ0n) is 22.3. The summed E-state index contributed by atoms with van der Waals surface area (Å²) in [5, 5.41) is 38.7. The van der Waals surface area contributed by atoms with Gasteiger partial charge in [-0.3, -0.25) is 9.32 Å². The number of rotatable bonds is 15. The Bertz CT molecular complexity index is 1370. The molecule has 0 saturated heterocycles. The zero-order valence-corrected chi connectivity index (χ0v) is 23.2. The summed E-state index contributed by atoms with van der Waals surface area (Å²) in [6.45, 7) is 2.70. The number of fused-ring (bicyclic) bond motifs is 1. The molecule has 0 saturated carbocycles. The molecule has 3 rings (SSSR count). The lowest BCUT2D eigenvalue weighted by Gasteiger charge is -2.33. The van der Waals surface area contributed by atoms with Gasteiger partial charge in [0.25, 0.3) is 0 Å². The second-order valence-electron chi connectivity index (χ2n) is 8.84. The van der Waals surface area contributed by atoms with Gasteiger partial charge >= 0.3 is 13.7 Å². The molecule has 0 aliphatic carbocycles. The Balaban J connectivity index is 1.85. The highest BCUT2D eigenvalue weighted by Crippen LogP contribution is 2.46. The van der Waals surface area contributed by atoms with Crippen LogP contribution in [0.4, 0.5) is 5.82 Å². The van der Waals surface area contributed by atoms with Gasteiger partial charge in [0.1, 0.15) is 48.5 Å². The number of unbranched alkanes of at least 4 members (excludes halogenated alkanes) is 1. The van der Waals surface area contributed by atoms with Crippen LogP contribution in [0.1, 0.15) is 38.5 Å². The molecule has 0 spiro atoms. The van der Waals surface area contributed by atoms with Crippen LogP contribution in [0.3, 0.4) is 0 Å². The zero-order chi connectivity index (χ0) is 29.3. The number of nitriles is 1. The molecule has 15 heteroatoms. The lowest BCUT2D eigenvalue weighted by molar-refractivity contribution is -0.145. The summed E-state index contributed by atoms with van der Waals surface area (Å²) < 4.78 is 36.7. The number of hydrogen-bond donors (Lipinski definition) is 4. The van der Waals surface area contributed by atoms with Crippen molar-refractivity contribution in [2.45, 2.75) is 50.5 Å². The predicted octanol–water partition coefficient (Wildman–Crippen LogP) is 2.14. The van der Waals surface area contributed by atoms with E-state index in [4.69, 9.17) is 24.3 Å². The first-order valence-electron chi connectivity index (χ1n) is 12.4. The molecule has 0 aliphatic rings. The van der Waals surface area contributed by atoms with Gasteiger partial charge in [-0.2, -0.15) is 15.4 Å². The smallest absolute Gasteiger partial charge is 0.459 e. The number of aliphatic hydroxyl groups excluding tert-OH is 2. The SMILES string of the molecule is CCCCOC(=O)[C@H](C)NP(=O)(OC[C@@](C#N)(OC)[C@@H](O)[C@@H](O)c1ccc2c(N)ncnn12)Oc1ccccc1. The summed E-state index contributed by atoms with van der Waals surface area (Å²) in [6, 6.07) is 11.7. The third-order valence-electron chi connectivity index (χ3n) is 6.01. The standard InChI is InChI=1S/C25H33N6O8P/c1-4-5-13-37-24(34)17(2)30-40(35,39-18-9-7-6-8-10-18)38-15-25(14-26,36-3)22(33)21(32)19-11-12-20-23(27)28-16-29-31(19)20/h6-12,16-17,21-22,32-33H,4-5,13,15H2,1-3H3,(H,30,35)(H2,27,28,29)/t17-,21-,22-,25+,40?/m0/s1. The van der Waals surface area contributed by atoms with Crippen LogP contribution in [0, 0.1) is 11.3 Å². The number of hydrogen-bond acceptors (Lipinski definition) is 12. The summed E-state index contributed by atoms with van der Waals surface area (Å²) in [5.74, 6) is -0.414. The van der Waals surface area contributed by atoms with Crippen molar-refractivity contribution in [3.05, 3.63) is 54.5 Å². The fourth-order valence-corrected chi connectivity index (χ4v) is 5.17. The number of nitrogens with two attached hydrogens (primary N) is 1. The first-order valence-corrected chi connectivity index (χ1v) is 14.0. The number of para-hydroxylation sites is 1. The number of ether oxygens (including phenoxy) is 2. The van der Waals surface area contributed by atoms with Gasteiger partial charge in [0, 0.05) is 7.11 Å². The van der Waals surface area contributed by atoms with E-state index in [-0.39, 0.29) is 23.9 Å². The average molecular weight is 577 g/mol. The fourth-order valence-electron chi connectivity index (χ4n) is 3.65. The van der Waals surface area contributed by atoms with Gasteiger partial charge in [0.15, 0.2) is 5.82 Å². The second kappa shape index (κ2) is 13.7. The molecule has 0 bridgehead atoms. The lowest BCUT2D eigenvalue weighted by Crippen LogP contribution is -2.50. The van der Waals surface area contributed by atoms with Crippen molar-refractivity contribution >= 4 is 25.1 Å².